The Kier molecular flexibility index (Phi) is 22.8. The Bertz CT molecular complexity index is 468. The zero-order chi connectivity index (χ0) is 26.3. The van der Waals surface area contributed by atoms with Gasteiger partial charge in [0.1, 0.15) is 0 Å². The molecule has 35 heavy (non-hydrogen) atoms. The van der Waals surface area contributed by atoms with Crippen molar-refractivity contribution >= 4 is 0 Å². The van der Waals surface area contributed by atoms with Gasteiger partial charge in [0.2, 0.25) is 0 Å². The molecule has 0 aliphatic rings. The molecule has 0 fully saturated rings. The van der Waals surface area contributed by atoms with Gasteiger partial charge < -0.3 is 33.2 Å². The Balaban J connectivity index is 3.78. The molecule has 0 radical (unpaired) electrons. The minimum Gasteiger partial charge on any atom is -0.473 e. The first-order valence-electron chi connectivity index (χ1n) is 13.4. The highest BCUT2D eigenvalue weighted by molar-refractivity contribution is 4.82. The first kappa shape index (κ1) is 34.0. The second-order valence-electron chi connectivity index (χ2n) is 9.29. The first-order valence-corrected chi connectivity index (χ1v) is 13.4. The molecule has 0 aromatic rings. The van der Waals surface area contributed by atoms with E-state index in [9.17, 15) is 0 Å². The number of hydrogen-bond donors (Lipinski definition) is 0. The molecule has 0 N–H and O–H groups in total. The summed E-state index contributed by atoms with van der Waals surface area (Å²) < 4.78 is 39.9. The number of hydrogen-bond acceptors (Lipinski definition) is 7. The molecule has 7 nitrogen and oxygen atoms in total. The summed E-state index contributed by atoms with van der Waals surface area (Å²) in [5, 5.41) is 0. The third-order valence-corrected chi connectivity index (χ3v) is 4.96. The highest BCUT2D eigenvalue weighted by Gasteiger charge is 2.10. The van der Waals surface area contributed by atoms with Gasteiger partial charge in [0, 0.05) is 13.2 Å². The molecule has 208 valence electrons. The van der Waals surface area contributed by atoms with Crippen molar-refractivity contribution in [1.29, 1.82) is 0 Å². The van der Waals surface area contributed by atoms with Crippen LogP contribution in [0.15, 0.2) is 24.7 Å². The van der Waals surface area contributed by atoms with Crippen LogP contribution in [0.3, 0.4) is 0 Å². The minimum absolute atomic E-state index is 0.0374. The fourth-order valence-electron chi connectivity index (χ4n) is 2.82. The second kappa shape index (κ2) is 23.4. The average Bonchev–Trinajstić information content (AvgIpc) is 2.84. The maximum Gasteiger partial charge on any atom is 0.0862 e. The molecule has 0 amide bonds. The SMILES string of the molecule is CCCOC(C)COC(C)COC(C)CC=COC=CCC(C)OCC(C)OCC(C)OCCC. The lowest BCUT2D eigenvalue weighted by atomic mass is 10.3. The molecule has 0 rings (SSSR count). The minimum atomic E-state index is 0.0374. The Morgan fingerprint density at radius 1 is 0.457 bits per heavy atom. The van der Waals surface area contributed by atoms with Crippen LogP contribution in [0.2, 0.25) is 0 Å². The van der Waals surface area contributed by atoms with Gasteiger partial charge in [-0.2, -0.15) is 0 Å². The summed E-state index contributed by atoms with van der Waals surface area (Å²) >= 11 is 0. The average molecular weight is 503 g/mol. The van der Waals surface area contributed by atoms with Crippen LogP contribution in [0.4, 0.5) is 0 Å². The molecule has 0 aliphatic heterocycles. The van der Waals surface area contributed by atoms with Gasteiger partial charge in [0.15, 0.2) is 0 Å². The van der Waals surface area contributed by atoms with E-state index < -0.39 is 0 Å². The molecule has 0 aliphatic carbocycles. The molecular weight excluding hydrogens is 448 g/mol. The molecule has 6 atom stereocenters. The van der Waals surface area contributed by atoms with Crippen molar-refractivity contribution in [2.24, 2.45) is 0 Å². The van der Waals surface area contributed by atoms with Crippen molar-refractivity contribution in [3.8, 4) is 0 Å². The number of rotatable bonds is 24. The molecule has 7 heteroatoms. The van der Waals surface area contributed by atoms with Gasteiger partial charge in [0.05, 0.1) is 75.6 Å². The fourth-order valence-corrected chi connectivity index (χ4v) is 2.82. The second-order valence-corrected chi connectivity index (χ2v) is 9.29. The van der Waals surface area contributed by atoms with Gasteiger partial charge in [-0.05, 0) is 79.4 Å². The molecule has 0 saturated carbocycles. The smallest absolute Gasteiger partial charge is 0.0862 e. The van der Waals surface area contributed by atoms with E-state index in [0.717, 1.165) is 38.9 Å². The van der Waals surface area contributed by atoms with E-state index >= 15 is 0 Å². The van der Waals surface area contributed by atoms with Crippen molar-refractivity contribution in [3.63, 3.8) is 0 Å². The van der Waals surface area contributed by atoms with Gasteiger partial charge in [-0.25, -0.2) is 0 Å². The van der Waals surface area contributed by atoms with Crippen LogP contribution in [-0.4, -0.2) is 76.3 Å². The molecule has 0 saturated heterocycles. The molecule has 0 aromatic heterocycles. The normalized spacial score (nSPS) is 17.5. The molecule has 0 spiro atoms. The topological polar surface area (TPSA) is 64.6 Å². The summed E-state index contributed by atoms with van der Waals surface area (Å²) in [6.45, 7) is 20.2. The number of ether oxygens (including phenoxy) is 7. The monoisotopic (exact) mass is 502 g/mol. The predicted molar refractivity (Wildman–Crippen MR) is 142 cm³/mol. The van der Waals surface area contributed by atoms with Crippen LogP contribution in [0, 0.1) is 0 Å². The van der Waals surface area contributed by atoms with E-state index in [-0.39, 0.29) is 36.6 Å². The van der Waals surface area contributed by atoms with Crippen LogP contribution >= 0.6 is 0 Å². The van der Waals surface area contributed by atoms with E-state index in [1.54, 1.807) is 12.5 Å². The lowest BCUT2D eigenvalue weighted by Gasteiger charge is -2.19. The summed E-state index contributed by atoms with van der Waals surface area (Å²) in [6, 6.07) is 0. The lowest BCUT2D eigenvalue weighted by molar-refractivity contribution is -0.0673. The maximum atomic E-state index is 5.85. The predicted octanol–water partition coefficient (Wildman–Crippen LogP) is 6.06. The zero-order valence-electron chi connectivity index (χ0n) is 23.7. The van der Waals surface area contributed by atoms with E-state index in [1.807, 2.05) is 53.7 Å². The van der Waals surface area contributed by atoms with Crippen LogP contribution in [0.25, 0.3) is 0 Å². The van der Waals surface area contributed by atoms with E-state index in [1.165, 1.54) is 0 Å². The van der Waals surface area contributed by atoms with Crippen LogP contribution in [0.5, 0.6) is 0 Å². The third kappa shape index (κ3) is 23.2. The van der Waals surface area contributed by atoms with Gasteiger partial charge in [0.25, 0.3) is 0 Å². The summed E-state index contributed by atoms with van der Waals surface area (Å²) in [7, 11) is 0. The lowest BCUT2D eigenvalue weighted by Crippen LogP contribution is -2.25. The van der Waals surface area contributed by atoms with Gasteiger partial charge in [-0.1, -0.05) is 13.8 Å². The fraction of sp³-hybridized carbons (Fsp3) is 0.857. The maximum absolute atomic E-state index is 5.85. The molecule has 6 unspecified atom stereocenters. The van der Waals surface area contributed by atoms with Gasteiger partial charge in [-0.3, -0.25) is 0 Å². The molecule has 0 aromatic carbocycles. The molecular formula is C28H54O7. The standard InChI is InChI=1S/C28H54O7/c1-9-15-30-25(5)19-34-27(7)21-32-23(3)13-11-17-29-18-12-14-24(4)33-22-28(8)35-20-26(6)31-16-10-2/h11-12,17-18,23-28H,9-10,13-16,19-22H2,1-8H3. The summed E-state index contributed by atoms with van der Waals surface area (Å²) in [6.07, 6.45) is 11.4. The van der Waals surface area contributed by atoms with E-state index in [0.29, 0.717) is 26.4 Å². The van der Waals surface area contributed by atoms with Crippen molar-refractivity contribution in [3.05, 3.63) is 24.7 Å². The van der Waals surface area contributed by atoms with Crippen LogP contribution < -0.4 is 0 Å². The summed E-state index contributed by atoms with van der Waals surface area (Å²) in [5.41, 5.74) is 0. The summed E-state index contributed by atoms with van der Waals surface area (Å²) in [5.74, 6) is 0. The Hall–Kier alpha value is -0.960. The Labute approximate surface area is 215 Å². The van der Waals surface area contributed by atoms with Crippen LogP contribution in [0.1, 0.15) is 81.1 Å². The molecule has 0 bridgehead atoms. The largest absolute Gasteiger partial charge is 0.473 e. The third-order valence-electron chi connectivity index (χ3n) is 4.96. The Morgan fingerprint density at radius 3 is 1.11 bits per heavy atom. The Morgan fingerprint density at radius 2 is 0.771 bits per heavy atom. The highest BCUT2D eigenvalue weighted by atomic mass is 16.6. The highest BCUT2D eigenvalue weighted by Crippen LogP contribution is 2.05. The van der Waals surface area contributed by atoms with E-state index in [4.69, 9.17) is 33.2 Å². The van der Waals surface area contributed by atoms with Gasteiger partial charge in [-0.15, -0.1) is 0 Å². The van der Waals surface area contributed by atoms with Crippen molar-refractivity contribution in [1.82, 2.24) is 0 Å². The van der Waals surface area contributed by atoms with Gasteiger partial charge >= 0.3 is 0 Å². The first-order chi connectivity index (χ1) is 16.8. The van der Waals surface area contributed by atoms with Crippen LogP contribution in [-0.2, 0) is 33.2 Å². The quantitative estimate of drug-likeness (QED) is 0.149. The van der Waals surface area contributed by atoms with E-state index in [2.05, 4.69) is 13.8 Å². The summed E-state index contributed by atoms with van der Waals surface area (Å²) in [4.78, 5) is 0. The zero-order valence-corrected chi connectivity index (χ0v) is 23.7. The molecule has 0 heterocycles. The van der Waals surface area contributed by atoms with Crippen molar-refractivity contribution in [2.75, 3.05) is 39.6 Å². The van der Waals surface area contributed by atoms with Crippen molar-refractivity contribution < 1.29 is 33.2 Å². The van der Waals surface area contributed by atoms with Crippen molar-refractivity contribution in [2.45, 2.75) is 118 Å².